The summed E-state index contributed by atoms with van der Waals surface area (Å²) in [5, 5.41) is 20.4. The molecule has 0 aromatic carbocycles. The first-order valence-corrected chi connectivity index (χ1v) is 4.09. The van der Waals surface area contributed by atoms with Gasteiger partial charge < -0.3 is 9.84 Å². The Labute approximate surface area is 86.1 Å². The molecule has 0 spiro atoms. The van der Waals surface area contributed by atoms with E-state index in [4.69, 9.17) is 9.84 Å². The Morgan fingerprint density at radius 2 is 2.20 bits per heavy atom. The predicted octanol–water partition coefficient (Wildman–Crippen LogP) is -0.121. The minimum absolute atomic E-state index is 0.457. The van der Waals surface area contributed by atoms with Crippen LogP contribution in [0.2, 0.25) is 0 Å². The van der Waals surface area contributed by atoms with E-state index in [-0.39, 0.29) is 0 Å². The molecule has 2 aromatic rings. The summed E-state index contributed by atoms with van der Waals surface area (Å²) in [6.45, 7) is 0. The molecular weight excluding hydrogens is 198 g/mol. The van der Waals surface area contributed by atoms with Gasteiger partial charge in [0.2, 0.25) is 5.82 Å². The average molecular weight is 209 g/mol. The Morgan fingerprint density at radius 1 is 1.40 bits per heavy atom. The van der Waals surface area contributed by atoms with E-state index in [9.17, 15) is 0 Å². The van der Waals surface area contributed by atoms with Gasteiger partial charge in [-0.2, -0.15) is 5.21 Å². The number of aromatic nitrogens is 5. The number of nitrogens with one attached hydrogen (secondary N) is 1. The van der Waals surface area contributed by atoms with Gasteiger partial charge in [0.15, 0.2) is 0 Å². The summed E-state index contributed by atoms with van der Waals surface area (Å²) in [5.41, 5.74) is 0.633. The van der Waals surface area contributed by atoms with Crippen molar-refractivity contribution in [1.82, 2.24) is 25.6 Å². The van der Waals surface area contributed by atoms with Crippen molar-refractivity contribution in [3.63, 3.8) is 0 Å². The number of pyridine rings is 1. The molecule has 2 rings (SSSR count). The first kappa shape index (κ1) is 11.1. The van der Waals surface area contributed by atoms with Crippen LogP contribution in [0.3, 0.4) is 0 Å². The highest BCUT2D eigenvalue weighted by atomic mass is 16.5. The maximum atomic E-state index is 7.00. The van der Waals surface area contributed by atoms with Crippen LogP contribution < -0.4 is 4.74 Å². The highest BCUT2D eigenvalue weighted by molar-refractivity contribution is 5.50. The largest absolute Gasteiger partial charge is 0.497 e. The lowest BCUT2D eigenvalue weighted by atomic mass is 10.3. The van der Waals surface area contributed by atoms with E-state index in [1.54, 1.807) is 25.4 Å². The lowest BCUT2D eigenvalue weighted by molar-refractivity contribution is 0.399. The van der Waals surface area contributed by atoms with Crippen molar-refractivity contribution >= 4 is 0 Å². The topological polar surface area (TPSA) is 96.8 Å². The molecule has 2 N–H and O–H groups in total. The molecule has 0 aliphatic heterocycles. The van der Waals surface area contributed by atoms with Crippen LogP contribution in [0.1, 0.15) is 0 Å². The van der Waals surface area contributed by atoms with E-state index in [0.29, 0.717) is 11.5 Å². The smallest absolute Gasteiger partial charge is 0.223 e. The molecule has 7 nitrogen and oxygen atoms in total. The van der Waals surface area contributed by atoms with E-state index in [1.807, 2.05) is 0 Å². The third-order valence-electron chi connectivity index (χ3n) is 1.54. The van der Waals surface area contributed by atoms with Crippen molar-refractivity contribution in [3.8, 4) is 17.3 Å². The third kappa shape index (κ3) is 2.71. The molecule has 2 aromatic heterocycles. The van der Waals surface area contributed by atoms with E-state index in [0.717, 1.165) is 12.9 Å². The molecule has 80 valence electrons. The zero-order valence-electron chi connectivity index (χ0n) is 8.38. The molecule has 0 unspecified atom stereocenters. The van der Waals surface area contributed by atoms with Crippen molar-refractivity contribution in [2.24, 2.45) is 0 Å². The minimum Gasteiger partial charge on any atom is -0.497 e. The van der Waals surface area contributed by atoms with E-state index < -0.39 is 0 Å². The summed E-state index contributed by atoms with van der Waals surface area (Å²) in [5.74, 6) is 1.17. The second-order valence-corrected chi connectivity index (χ2v) is 2.32. The van der Waals surface area contributed by atoms with Crippen LogP contribution in [0.5, 0.6) is 5.75 Å². The van der Waals surface area contributed by atoms with Gasteiger partial charge in [-0.3, -0.25) is 4.98 Å². The SMILES string of the molecule is CO.COc1ccnc(-c2nn[nH]n2)c1. The molecule has 0 aliphatic rings. The van der Waals surface area contributed by atoms with Gasteiger partial charge in [0.25, 0.3) is 0 Å². The number of aliphatic hydroxyl groups excluding tert-OH is 1. The maximum absolute atomic E-state index is 7.00. The monoisotopic (exact) mass is 209 g/mol. The second-order valence-electron chi connectivity index (χ2n) is 2.32. The van der Waals surface area contributed by atoms with Crippen molar-refractivity contribution in [1.29, 1.82) is 0 Å². The molecular formula is C8H11N5O2. The molecule has 0 aliphatic carbocycles. The number of hydrogen-bond acceptors (Lipinski definition) is 6. The highest BCUT2D eigenvalue weighted by Crippen LogP contribution is 2.16. The molecule has 0 saturated carbocycles. The van der Waals surface area contributed by atoms with E-state index >= 15 is 0 Å². The van der Waals surface area contributed by atoms with E-state index in [1.165, 1.54) is 0 Å². The quantitative estimate of drug-likeness (QED) is 0.715. The summed E-state index contributed by atoms with van der Waals surface area (Å²) in [6.07, 6.45) is 1.63. The molecule has 7 heteroatoms. The molecule has 0 bridgehead atoms. The Kier molecular flexibility index (Phi) is 4.17. The Bertz CT molecular complexity index is 390. The van der Waals surface area contributed by atoms with Gasteiger partial charge in [-0.05, 0) is 11.3 Å². The fraction of sp³-hybridized carbons (Fsp3) is 0.250. The third-order valence-corrected chi connectivity index (χ3v) is 1.54. The lowest BCUT2D eigenvalue weighted by Gasteiger charge is -1.98. The van der Waals surface area contributed by atoms with Gasteiger partial charge in [-0.15, -0.1) is 10.2 Å². The normalized spacial score (nSPS) is 9.00. The molecule has 15 heavy (non-hydrogen) atoms. The van der Waals surface area contributed by atoms with Gasteiger partial charge in [0, 0.05) is 19.4 Å². The molecule has 0 fully saturated rings. The summed E-state index contributed by atoms with van der Waals surface area (Å²) in [7, 11) is 2.59. The summed E-state index contributed by atoms with van der Waals surface area (Å²) >= 11 is 0. The van der Waals surface area contributed by atoms with Gasteiger partial charge in [-0.1, -0.05) is 0 Å². The second kappa shape index (κ2) is 5.66. The lowest BCUT2D eigenvalue weighted by Crippen LogP contribution is -1.88. The Balaban J connectivity index is 0.000000531. The van der Waals surface area contributed by atoms with Crippen LogP contribution in [0.25, 0.3) is 11.5 Å². The number of methoxy groups -OCH3 is 1. The van der Waals surface area contributed by atoms with Crippen molar-refractivity contribution in [3.05, 3.63) is 18.3 Å². The fourth-order valence-corrected chi connectivity index (χ4v) is 0.931. The van der Waals surface area contributed by atoms with Crippen LogP contribution >= 0.6 is 0 Å². The fourth-order valence-electron chi connectivity index (χ4n) is 0.931. The number of ether oxygens (including phenoxy) is 1. The van der Waals surface area contributed by atoms with Crippen LogP contribution in [0.15, 0.2) is 18.3 Å². The number of hydrogen-bond donors (Lipinski definition) is 2. The van der Waals surface area contributed by atoms with Gasteiger partial charge in [0.05, 0.1) is 7.11 Å². The van der Waals surface area contributed by atoms with E-state index in [2.05, 4.69) is 25.6 Å². The Morgan fingerprint density at radius 3 is 2.80 bits per heavy atom. The molecule has 0 amide bonds. The zero-order valence-corrected chi connectivity index (χ0v) is 8.38. The van der Waals surface area contributed by atoms with Crippen LogP contribution in [0, 0.1) is 0 Å². The maximum Gasteiger partial charge on any atom is 0.223 e. The molecule has 2 heterocycles. The van der Waals surface area contributed by atoms with Gasteiger partial charge in [-0.25, -0.2) is 0 Å². The standard InChI is InChI=1S/C7H7N5O.CH4O/c1-13-5-2-3-8-6(4-5)7-9-11-12-10-7;1-2/h2-4H,1H3,(H,9,10,11,12);2H,1H3. The summed E-state index contributed by atoms with van der Waals surface area (Å²) in [6, 6.07) is 3.49. The first-order valence-electron chi connectivity index (χ1n) is 4.09. The van der Waals surface area contributed by atoms with Crippen molar-refractivity contribution in [2.45, 2.75) is 0 Å². The minimum atomic E-state index is 0.457. The average Bonchev–Trinajstić information content (AvgIpc) is 2.85. The predicted molar refractivity (Wildman–Crippen MR) is 52.1 cm³/mol. The molecule has 0 atom stereocenters. The number of H-pyrrole nitrogens is 1. The number of rotatable bonds is 2. The van der Waals surface area contributed by atoms with Gasteiger partial charge >= 0.3 is 0 Å². The van der Waals surface area contributed by atoms with Crippen LogP contribution in [0.4, 0.5) is 0 Å². The number of nitrogens with zero attached hydrogens (tertiary/aromatic N) is 4. The summed E-state index contributed by atoms with van der Waals surface area (Å²) in [4.78, 5) is 4.06. The molecule has 0 saturated heterocycles. The van der Waals surface area contributed by atoms with Crippen LogP contribution in [-0.4, -0.2) is 44.9 Å². The van der Waals surface area contributed by atoms with Crippen molar-refractivity contribution < 1.29 is 9.84 Å². The number of tetrazole rings is 1. The van der Waals surface area contributed by atoms with Crippen LogP contribution in [-0.2, 0) is 0 Å². The highest BCUT2D eigenvalue weighted by Gasteiger charge is 2.04. The number of aromatic amines is 1. The zero-order chi connectivity index (χ0) is 11.1. The summed E-state index contributed by atoms with van der Waals surface area (Å²) < 4.78 is 5.03. The Hall–Kier alpha value is -2.02. The number of aliphatic hydroxyl groups is 1. The molecule has 0 radical (unpaired) electrons. The van der Waals surface area contributed by atoms with Crippen molar-refractivity contribution in [2.75, 3.05) is 14.2 Å². The first-order chi connectivity index (χ1) is 7.40. The van der Waals surface area contributed by atoms with Gasteiger partial charge in [0.1, 0.15) is 11.4 Å².